The molecule has 0 unspecified atom stereocenters. The lowest BCUT2D eigenvalue weighted by Gasteiger charge is -2.30. The summed E-state index contributed by atoms with van der Waals surface area (Å²) < 4.78 is 50.7. The molecule has 0 heterocycles. The molecular weight excluding hydrogens is 258 g/mol. The van der Waals surface area contributed by atoms with Crippen molar-refractivity contribution in [1.29, 1.82) is 0 Å². The Labute approximate surface area is 110 Å². The van der Waals surface area contributed by atoms with Crippen LogP contribution in [0, 0.1) is 18.7 Å². The van der Waals surface area contributed by atoms with Crippen LogP contribution >= 0.6 is 0 Å². The van der Waals surface area contributed by atoms with Gasteiger partial charge in [-0.25, -0.2) is 4.39 Å². The number of hydrogen-bond acceptors (Lipinski definition) is 1. The smallest absolute Gasteiger partial charge is 0.382 e. The summed E-state index contributed by atoms with van der Waals surface area (Å²) in [7, 11) is 0. The molecule has 0 spiro atoms. The standard InChI is InChI=1S/C14H17F4N/c1-9-8-12(6-7-13(9)15)19-11-4-2-10(3-5-11)14(16,17)18/h6-8,10-11,19H,2-5H2,1H3. The first kappa shape index (κ1) is 14.2. The van der Waals surface area contributed by atoms with Crippen molar-refractivity contribution in [3.05, 3.63) is 29.6 Å². The van der Waals surface area contributed by atoms with Gasteiger partial charge in [0.1, 0.15) is 5.82 Å². The predicted molar refractivity (Wildman–Crippen MR) is 66.6 cm³/mol. The molecule has 0 saturated heterocycles. The second-order valence-electron chi connectivity index (χ2n) is 5.20. The minimum Gasteiger partial charge on any atom is -0.382 e. The average molecular weight is 275 g/mol. The summed E-state index contributed by atoms with van der Waals surface area (Å²) >= 11 is 0. The van der Waals surface area contributed by atoms with Crippen LogP contribution in [0.5, 0.6) is 0 Å². The number of hydrogen-bond donors (Lipinski definition) is 1. The van der Waals surface area contributed by atoms with Crippen molar-refractivity contribution in [3.8, 4) is 0 Å². The summed E-state index contributed by atoms with van der Waals surface area (Å²) in [6.45, 7) is 1.67. The molecule has 0 amide bonds. The van der Waals surface area contributed by atoms with Gasteiger partial charge >= 0.3 is 6.18 Å². The molecule has 1 fully saturated rings. The maximum atomic E-state index is 13.1. The van der Waals surface area contributed by atoms with Crippen LogP contribution in [0.25, 0.3) is 0 Å². The monoisotopic (exact) mass is 275 g/mol. The number of anilines is 1. The summed E-state index contributed by atoms with van der Waals surface area (Å²) in [6.07, 6.45) is -2.73. The Morgan fingerprint density at radius 2 is 1.74 bits per heavy atom. The van der Waals surface area contributed by atoms with Crippen molar-refractivity contribution >= 4 is 5.69 Å². The maximum Gasteiger partial charge on any atom is 0.391 e. The molecule has 106 valence electrons. The van der Waals surface area contributed by atoms with Gasteiger partial charge in [-0.3, -0.25) is 0 Å². The van der Waals surface area contributed by atoms with E-state index in [-0.39, 0.29) is 24.7 Å². The molecule has 1 aliphatic rings. The molecular formula is C14H17F4N. The third kappa shape index (κ3) is 3.61. The Morgan fingerprint density at radius 1 is 1.11 bits per heavy atom. The van der Waals surface area contributed by atoms with Crippen LogP contribution in [0.2, 0.25) is 0 Å². The van der Waals surface area contributed by atoms with Gasteiger partial charge in [0.05, 0.1) is 5.92 Å². The first-order valence-electron chi connectivity index (χ1n) is 6.45. The van der Waals surface area contributed by atoms with Crippen LogP contribution in [0.1, 0.15) is 31.2 Å². The average Bonchev–Trinajstić information content (AvgIpc) is 2.33. The second-order valence-corrected chi connectivity index (χ2v) is 5.20. The van der Waals surface area contributed by atoms with E-state index in [1.54, 1.807) is 19.1 Å². The highest BCUT2D eigenvalue weighted by Crippen LogP contribution is 2.38. The van der Waals surface area contributed by atoms with E-state index < -0.39 is 12.1 Å². The summed E-state index contributed by atoms with van der Waals surface area (Å²) in [5, 5.41) is 3.19. The van der Waals surface area contributed by atoms with E-state index in [0.29, 0.717) is 18.4 Å². The van der Waals surface area contributed by atoms with Crippen LogP contribution in [0.3, 0.4) is 0 Å². The van der Waals surface area contributed by atoms with E-state index >= 15 is 0 Å². The highest BCUT2D eigenvalue weighted by atomic mass is 19.4. The van der Waals surface area contributed by atoms with Gasteiger partial charge in [0.25, 0.3) is 0 Å². The zero-order valence-corrected chi connectivity index (χ0v) is 10.7. The number of aryl methyl sites for hydroxylation is 1. The lowest BCUT2D eigenvalue weighted by atomic mass is 9.85. The fourth-order valence-corrected chi connectivity index (χ4v) is 2.54. The zero-order chi connectivity index (χ0) is 14.0. The van der Waals surface area contributed by atoms with Crippen molar-refractivity contribution in [1.82, 2.24) is 0 Å². The molecule has 2 rings (SSSR count). The van der Waals surface area contributed by atoms with Crippen molar-refractivity contribution in [3.63, 3.8) is 0 Å². The number of benzene rings is 1. The largest absolute Gasteiger partial charge is 0.391 e. The molecule has 1 aromatic carbocycles. The first-order valence-corrected chi connectivity index (χ1v) is 6.45. The van der Waals surface area contributed by atoms with E-state index in [0.717, 1.165) is 5.69 Å². The molecule has 0 atom stereocenters. The second kappa shape index (κ2) is 5.39. The van der Waals surface area contributed by atoms with Gasteiger partial charge in [-0.15, -0.1) is 0 Å². The molecule has 1 saturated carbocycles. The molecule has 0 radical (unpaired) electrons. The molecule has 19 heavy (non-hydrogen) atoms. The maximum absolute atomic E-state index is 13.1. The number of halogens is 4. The first-order chi connectivity index (χ1) is 8.86. The number of alkyl halides is 3. The Bertz CT molecular complexity index is 434. The van der Waals surface area contributed by atoms with Gasteiger partial charge in [0.2, 0.25) is 0 Å². The van der Waals surface area contributed by atoms with Gasteiger partial charge in [-0.05, 0) is 56.4 Å². The minimum atomic E-state index is -4.07. The normalized spacial score (nSPS) is 24.3. The number of nitrogens with one attached hydrogen (secondary N) is 1. The molecule has 1 nitrogen and oxygen atoms in total. The lowest BCUT2D eigenvalue weighted by molar-refractivity contribution is -0.182. The van der Waals surface area contributed by atoms with Crippen LogP contribution < -0.4 is 5.32 Å². The summed E-state index contributed by atoms with van der Waals surface area (Å²) in [4.78, 5) is 0. The van der Waals surface area contributed by atoms with E-state index in [2.05, 4.69) is 5.32 Å². The molecule has 1 aliphatic carbocycles. The topological polar surface area (TPSA) is 12.0 Å². The molecule has 0 aromatic heterocycles. The van der Waals surface area contributed by atoms with Gasteiger partial charge in [0, 0.05) is 11.7 Å². The van der Waals surface area contributed by atoms with E-state index in [1.807, 2.05) is 0 Å². The van der Waals surface area contributed by atoms with Gasteiger partial charge in [0.15, 0.2) is 0 Å². The Kier molecular flexibility index (Phi) is 4.02. The Hall–Kier alpha value is -1.26. The third-order valence-corrected chi connectivity index (χ3v) is 3.72. The van der Waals surface area contributed by atoms with Crippen LogP contribution in [-0.4, -0.2) is 12.2 Å². The number of rotatable bonds is 2. The van der Waals surface area contributed by atoms with Crippen molar-refractivity contribution in [2.24, 2.45) is 5.92 Å². The minimum absolute atomic E-state index is 0.0449. The SMILES string of the molecule is Cc1cc(NC2CCC(C(F)(F)F)CC2)ccc1F. The quantitative estimate of drug-likeness (QED) is 0.773. The highest BCUT2D eigenvalue weighted by Gasteiger charge is 2.41. The van der Waals surface area contributed by atoms with E-state index in [9.17, 15) is 17.6 Å². The summed E-state index contributed by atoms with van der Waals surface area (Å²) in [6, 6.07) is 4.73. The molecule has 0 bridgehead atoms. The summed E-state index contributed by atoms with van der Waals surface area (Å²) in [5.74, 6) is -1.44. The molecule has 1 aromatic rings. The highest BCUT2D eigenvalue weighted by molar-refractivity contribution is 5.46. The van der Waals surface area contributed by atoms with Crippen LogP contribution in [0.4, 0.5) is 23.2 Å². The van der Waals surface area contributed by atoms with Crippen molar-refractivity contribution < 1.29 is 17.6 Å². The van der Waals surface area contributed by atoms with Crippen LogP contribution in [0.15, 0.2) is 18.2 Å². The van der Waals surface area contributed by atoms with Crippen molar-refractivity contribution in [2.45, 2.75) is 44.8 Å². The van der Waals surface area contributed by atoms with E-state index in [4.69, 9.17) is 0 Å². The third-order valence-electron chi connectivity index (χ3n) is 3.72. The van der Waals surface area contributed by atoms with Gasteiger partial charge < -0.3 is 5.32 Å². The van der Waals surface area contributed by atoms with Gasteiger partial charge in [-0.2, -0.15) is 13.2 Å². The zero-order valence-electron chi connectivity index (χ0n) is 10.7. The molecule has 5 heteroatoms. The molecule has 1 N–H and O–H groups in total. The van der Waals surface area contributed by atoms with E-state index in [1.165, 1.54) is 6.07 Å². The lowest BCUT2D eigenvalue weighted by Crippen LogP contribution is -2.32. The summed E-state index contributed by atoms with van der Waals surface area (Å²) in [5.41, 5.74) is 1.31. The van der Waals surface area contributed by atoms with Gasteiger partial charge in [-0.1, -0.05) is 0 Å². The predicted octanol–water partition coefficient (Wildman–Crippen LogP) is 4.67. The van der Waals surface area contributed by atoms with Crippen LogP contribution in [-0.2, 0) is 0 Å². The van der Waals surface area contributed by atoms with Crippen molar-refractivity contribution in [2.75, 3.05) is 5.32 Å². The fourth-order valence-electron chi connectivity index (χ4n) is 2.54. The Balaban J connectivity index is 1.90. The fraction of sp³-hybridized carbons (Fsp3) is 0.571. The molecule has 0 aliphatic heterocycles. The Morgan fingerprint density at radius 3 is 2.26 bits per heavy atom.